The molecule has 2 aromatic rings. The minimum atomic E-state index is -0.0837. The van der Waals surface area contributed by atoms with Gasteiger partial charge in [0, 0.05) is 38.1 Å². The molecule has 28 heavy (non-hydrogen) atoms. The fourth-order valence-corrected chi connectivity index (χ4v) is 4.72. The maximum Gasteiger partial charge on any atom is 0.254 e. The number of benzene rings is 1. The predicted molar refractivity (Wildman–Crippen MR) is 106 cm³/mol. The standard InChI is InChI=1S/C22H25N5O/c1-14-4-17(5-15(2)20(14)8-23)11-27-12-22(13-27)6-19(7-22)26-21(28)18-9-24-16(3)25-10-18/h4-5,9-10,19H,6-7,11-13H2,1-3H3,(H,26,28). The number of carbonyl (C=O) groups is 1. The first-order valence-corrected chi connectivity index (χ1v) is 9.70. The molecule has 1 aromatic carbocycles. The first-order valence-electron chi connectivity index (χ1n) is 9.70. The number of hydrogen-bond donors (Lipinski definition) is 1. The third-order valence-electron chi connectivity index (χ3n) is 5.97. The number of amides is 1. The van der Waals surface area contributed by atoms with Gasteiger partial charge in [-0.2, -0.15) is 5.26 Å². The zero-order valence-corrected chi connectivity index (χ0v) is 16.6. The summed E-state index contributed by atoms with van der Waals surface area (Å²) in [5.74, 6) is 0.584. The van der Waals surface area contributed by atoms with Gasteiger partial charge < -0.3 is 5.32 Å². The largest absolute Gasteiger partial charge is 0.349 e. The Hall–Kier alpha value is -2.78. The summed E-state index contributed by atoms with van der Waals surface area (Å²) in [6.45, 7) is 8.89. The molecule has 1 amide bonds. The number of nitrogens with zero attached hydrogens (tertiary/aromatic N) is 4. The van der Waals surface area contributed by atoms with E-state index in [-0.39, 0.29) is 11.9 Å². The van der Waals surface area contributed by atoms with E-state index in [0.717, 1.165) is 49.2 Å². The number of likely N-dealkylation sites (tertiary alicyclic amines) is 1. The highest BCUT2D eigenvalue weighted by atomic mass is 16.1. The van der Waals surface area contributed by atoms with Crippen molar-refractivity contribution in [1.29, 1.82) is 5.26 Å². The van der Waals surface area contributed by atoms with Crippen molar-refractivity contribution in [2.45, 2.75) is 46.2 Å². The van der Waals surface area contributed by atoms with Gasteiger partial charge in [-0.05, 0) is 55.7 Å². The lowest BCUT2D eigenvalue weighted by molar-refractivity contribution is -0.0808. The molecule has 0 unspecified atom stereocenters. The number of nitrogens with one attached hydrogen (secondary N) is 1. The highest BCUT2D eigenvalue weighted by molar-refractivity contribution is 5.93. The van der Waals surface area contributed by atoms with Gasteiger partial charge in [-0.1, -0.05) is 12.1 Å². The molecule has 1 aliphatic heterocycles. The molecular formula is C22H25N5O. The summed E-state index contributed by atoms with van der Waals surface area (Å²) < 4.78 is 0. The second-order valence-corrected chi connectivity index (χ2v) is 8.46. The van der Waals surface area contributed by atoms with E-state index in [2.05, 4.69) is 38.4 Å². The maximum atomic E-state index is 12.3. The Labute approximate surface area is 165 Å². The van der Waals surface area contributed by atoms with Gasteiger partial charge in [-0.3, -0.25) is 9.69 Å². The van der Waals surface area contributed by atoms with E-state index in [4.69, 9.17) is 0 Å². The fourth-order valence-electron chi connectivity index (χ4n) is 4.72. The topological polar surface area (TPSA) is 81.9 Å². The lowest BCUT2D eigenvalue weighted by Crippen LogP contribution is -2.66. The van der Waals surface area contributed by atoms with Crippen LogP contribution in [0.25, 0.3) is 0 Å². The van der Waals surface area contributed by atoms with Crippen LogP contribution in [0.2, 0.25) is 0 Å². The summed E-state index contributed by atoms with van der Waals surface area (Å²) in [4.78, 5) is 22.9. The van der Waals surface area contributed by atoms with Crippen LogP contribution in [0.4, 0.5) is 0 Å². The molecule has 0 radical (unpaired) electrons. The van der Waals surface area contributed by atoms with Crippen molar-refractivity contribution < 1.29 is 4.79 Å². The Morgan fingerprint density at radius 3 is 2.39 bits per heavy atom. The summed E-state index contributed by atoms with van der Waals surface area (Å²) >= 11 is 0. The van der Waals surface area contributed by atoms with Gasteiger partial charge in [0.1, 0.15) is 5.82 Å². The molecular weight excluding hydrogens is 350 g/mol. The molecule has 4 rings (SSSR count). The highest BCUT2D eigenvalue weighted by Gasteiger charge is 2.52. The second-order valence-electron chi connectivity index (χ2n) is 8.46. The van der Waals surface area contributed by atoms with Gasteiger partial charge in [0.15, 0.2) is 0 Å². The van der Waals surface area contributed by atoms with Crippen LogP contribution < -0.4 is 5.32 Å². The molecule has 1 N–H and O–H groups in total. The van der Waals surface area contributed by atoms with E-state index in [9.17, 15) is 10.1 Å². The Morgan fingerprint density at radius 1 is 1.21 bits per heavy atom. The average molecular weight is 375 g/mol. The van der Waals surface area contributed by atoms with Crippen molar-refractivity contribution >= 4 is 5.91 Å². The number of aryl methyl sites for hydroxylation is 3. The molecule has 144 valence electrons. The lowest BCUT2D eigenvalue weighted by atomic mass is 9.60. The molecule has 1 saturated carbocycles. The summed E-state index contributed by atoms with van der Waals surface area (Å²) in [6.07, 6.45) is 5.23. The zero-order chi connectivity index (χ0) is 19.9. The van der Waals surface area contributed by atoms with E-state index in [1.165, 1.54) is 5.56 Å². The Bertz CT molecular complexity index is 923. The molecule has 1 aromatic heterocycles. The molecule has 6 nitrogen and oxygen atoms in total. The molecule has 1 spiro atoms. The first kappa shape index (κ1) is 18.6. The first-order chi connectivity index (χ1) is 13.4. The van der Waals surface area contributed by atoms with Crippen molar-refractivity contribution in [3.05, 3.63) is 58.2 Å². The van der Waals surface area contributed by atoms with E-state index < -0.39 is 0 Å². The van der Waals surface area contributed by atoms with Gasteiger partial charge in [-0.25, -0.2) is 9.97 Å². The smallest absolute Gasteiger partial charge is 0.254 e. The Kier molecular flexibility index (Phi) is 4.64. The maximum absolute atomic E-state index is 12.3. The van der Waals surface area contributed by atoms with Crippen LogP contribution in [0, 0.1) is 37.5 Å². The van der Waals surface area contributed by atoms with E-state index >= 15 is 0 Å². The third-order valence-corrected chi connectivity index (χ3v) is 5.97. The number of rotatable bonds is 4. The van der Waals surface area contributed by atoms with Crippen LogP contribution >= 0.6 is 0 Å². The molecule has 2 aliphatic rings. The molecule has 2 fully saturated rings. The van der Waals surface area contributed by atoms with Crippen LogP contribution in [-0.2, 0) is 6.54 Å². The van der Waals surface area contributed by atoms with Gasteiger partial charge in [0.2, 0.25) is 0 Å². The minimum Gasteiger partial charge on any atom is -0.349 e. The Morgan fingerprint density at radius 2 is 1.82 bits per heavy atom. The quantitative estimate of drug-likeness (QED) is 0.888. The van der Waals surface area contributed by atoms with Crippen molar-refractivity contribution in [3.63, 3.8) is 0 Å². The number of hydrogen-bond acceptors (Lipinski definition) is 5. The minimum absolute atomic E-state index is 0.0837. The van der Waals surface area contributed by atoms with E-state index in [1.807, 2.05) is 13.8 Å². The third kappa shape index (κ3) is 3.50. The molecule has 6 heteroatoms. The molecule has 1 saturated heterocycles. The zero-order valence-electron chi connectivity index (χ0n) is 16.6. The SMILES string of the molecule is Cc1ncc(C(=O)NC2CC3(C2)CN(Cc2cc(C)c(C#N)c(C)c2)C3)cn1. The van der Waals surface area contributed by atoms with Crippen LogP contribution in [0.5, 0.6) is 0 Å². The van der Waals surface area contributed by atoms with Gasteiger partial charge in [0.05, 0.1) is 17.2 Å². The van der Waals surface area contributed by atoms with Crippen LogP contribution in [0.1, 0.15) is 51.3 Å². The molecule has 0 bridgehead atoms. The van der Waals surface area contributed by atoms with Crippen molar-refractivity contribution in [2.24, 2.45) is 5.41 Å². The molecule has 1 aliphatic carbocycles. The van der Waals surface area contributed by atoms with Gasteiger partial charge in [-0.15, -0.1) is 0 Å². The van der Waals surface area contributed by atoms with Gasteiger partial charge >= 0.3 is 0 Å². The summed E-state index contributed by atoms with van der Waals surface area (Å²) in [7, 11) is 0. The number of nitriles is 1. The summed E-state index contributed by atoms with van der Waals surface area (Å²) in [6, 6.07) is 6.79. The van der Waals surface area contributed by atoms with Crippen molar-refractivity contribution in [3.8, 4) is 6.07 Å². The van der Waals surface area contributed by atoms with Crippen LogP contribution in [-0.4, -0.2) is 39.9 Å². The fraction of sp³-hybridized carbons (Fsp3) is 0.455. The molecule has 0 atom stereocenters. The summed E-state index contributed by atoms with van der Waals surface area (Å²) in [5.41, 5.74) is 5.05. The highest BCUT2D eigenvalue weighted by Crippen LogP contribution is 2.48. The van der Waals surface area contributed by atoms with Crippen LogP contribution in [0.15, 0.2) is 24.5 Å². The van der Waals surface area contributed by atoms with E-state index in [0.29, 0.717) is 16.8 Å². The van der Waals surface area contributed by atoms with Crippen molar-refractivity contribution in [1.82, 2.24) is 20.2 Å². The number of carbonyl (C=O) groups excluding carboxylic acids is 1. The Balaban J connectivity index is 1.26. The monoisotopic (exact) mass is 375 g/mol. The normalized spacial score (nSPS) is 18.2. The molecule has 2 heterocycles. The van der Waals surface area contributed by atoms with Gasteiger partial charge in [0.25, 0.3) is 5.91 Å². The van der Waals surface area contributed by atoms with Crippen LogP contribution in [0.3, 0.4) is 0 Å². The summed E-state index contributed by atoms with van der Waals surface area (Å²) in [5, 5.41) is 12.3. The average Bonchev–Trinajstić information content (AvgIpc) is 2.58. The predicted octanol–water partition coefficient (Wildman–Crippen LogP) is 2.67. The van der Waals surface area contributed by atoms with Crippen molar-refractivity contribution in [2.75, 3.05) is 13.1 Å². The lowest BCUT2D eigenvalue weighted by Gasteiger charge is -2.59. The van der Waals surface area contributed by atoms with E-state index in [1.54, 1.807) is 19.3 Å². The second kappa shape index (κ2) is 6.99. The number of aromatic nitrogens is 2.